The van der Waals surface area contributed by atoms with Crippen LogP contribution in [0.2, 0.25) is 0 Å². The third kappa shape index (κ3) is 6.32. The molecule has 0 bridgehead atoms. The van der Waals surface area contributed by atoms with Crippen LogP contribution >= 0.6 is 0 Å². The normalized spacial score (nSPS) is 11.8. The van der Waals surface area contributed by atoms with Gasteiger partial charge >= 0.3 is 0 Å². The predicted octanol–water partition coefficient (Wildman–Crippen LogP) is -11.7. The van der Waals surface area contributed by atoms with Crippen molar-refractivity contribution in [3.63, 3.8) is 0 Å². The van der Waals surface area contributed by atoms with Crippen LogP contribution in [-0.2, 0) is 0 Å². The molecule has 0 saturated heterocycles. The largest absolute Gasteiger partial charge is 0.115 e. The van der Waals surface area contributed by atoms with Gasteiger partial charge in [0.05, 0.1) is 0 Å². The molecule has 0 saturated carbocycles. The van der Waals surface area contributed by atoms with Gasteiger partial charge < -0.3 is 0 Å². The first-order valence-corrected chi connectivity index (χ1v) is 21.0. The lowest BCUT2D eigenvalue weighted by Crippen LogP contribution is -2.53. The fourth-order valence-corrected chi connectivity index (χ4v) is 10.3. The molecule has 0 atom stereocenters. The third-order valence-corrected chi connectivity index (χ3v) is 13.9. The van der Waals surface area contributed by atoms with E-state index in [0.29, 0.717) is 11.1 Å². The van der Waals surface area contributed by atoms with E-state index in [4.69, 9.17) is 165 Å². The standard InChI is InChI=1S/C48H9B21/c49-28-25(37(58)38(59)27-26(28)39(60)47(68)48(69)40(27)61)24-23-22(35(56)45(66)46(67)36(23)57)21(29(50)30(24)51)16-19-17(31(52)41(62)43(64)33(19)54)15(18-20(16)34(55)44(65)42(63)32(18)53)14-9-10-5-1-2-6-11(10)12-7-3-4-8-13(12)14/h1-9H. The highest BCUT2D eigenvalue weighted by molar-refractivity contribution is 6.76. The van der Waals surface area contributed by atoms with Gasteiger partial charge in [0.2, 0.25) is 0 Å². The molecular formula is C48H9B21. The Morgan fingerprint density at radius 2 is 0.464 bits per heavy atom. The smallest absolute Gasteiger partial charge is 0.110 e. The van der Waals surface area contributed by atoms with E-state index in [9.17, 15) is 0 Å². The lowest BCUT2D eigenvalue weighted by atomic mass is 9.55. The summed E-state index contributed by atoms with van der Waals surface area (Å²) < 4.78 is 0. The topological polar surface area (TPSA) is 0 Å². The van der Waals surface area contributed by atoms with Crippen molar-refractivity contribution in [3.05, 3.63) is 54.6 Å². The van der Waals surface area contributed by atoms with E-state index >= 15 is 0 Å². The van der Waals surface area contributed by atoms with Crippen molar-refractivity contribution in [2.45, 2.75) is 0 Å². The Bertz CT molecular complexity index is 4010. The minimum Gasteiger partial charge on any atom is -0.110 e. The molecule has 0 aliphatic carbocycles. The van der Waals surface area contributed by atoms with Crippen LogP contribution in [0.5, 0.6) is 0 Å². The molecule has 0 nitrogen and oxygen atoms in total. The van der Waals surface area contributed by atoms with Crippen molar-refractivity contribution in [3.8, 4) is 33.4 Å². The molecule has 0 heterocycles. The second kappa shape index (κ2) is 16.6. The van der Waals surface area contributed by atoms with Gasteiger partial charge in [0.25, 0.3) is 0 Å². The van der Waals surface area contributed by atoms with Gasteiger partial charge in [-0.1, -0.05) is 120 Å². The quantitative estimate of drug-likeness (QED) is 0.0947. The van der Waals surface area contributed by atoms with E-state index in [-0.39, 0.29) is 180 Å². The highest BCUT2D eigenvalue weighted by Crippen LogP contribution is 2.45. The molecule has 10 aromatic rings. The molecule has 42 radical (unpaired) electrons. The summed E-state index contributed by atoms with van der Waals surface area (Å²) in [5.74, 6) is 0. The summed E-state index contributed by atoms with van der Waals surface area (Å²) in [5, 5.41) is 4.87. The van der Waals surface area contributed by atoms with Crippen molar-refractivity contribution < 1.29 is 0 Å². The SMILES string of the molecule is [B]c1c([B])c([B])c2c([B])c(-c3c([B])c([B])c(-c4c5c([B])c([B])c([B])c([B])c5c(-c5cc6ccccc6c6ccccc56)c5c([B])c([B])c([B])c([B])c45)c4c([B])c([B])c([B])c([B])c34)c([B])c([B])c2c1[B]. The number of fused-ring (bicyclic) bond motifs is 7. The van der Waals surface area contributed by atoms with Crippen molar-refractivity contribution in [2.24, 2.45) is 0 Å². The highest BCUT2D eigenvalue weighted by atomic mass is 14.3. The van der Waals surface area contributed by atoms with Gasteiger partial charge in [0, 0.05) is 0 Å². The van der Waals surface area contributed by atoms with Gasteiger partial charge in [-0.2, -0.15) is 0 Å². The first kappa shape index (κ1) is 47.8. The summed E-state index contributed by atoms with van der Waals surface area (Å²) in [7, 11) is 145. The lowest BCUT2D eigenvalue weighted by molar-refractivity contribution is 1.75. The molecule has 69 heavy (non-hydrogen) atoms. The predicted molar refractivity (Wildman–Crippen MR) is 321 cm³/mol. The summed E-state index contributed by atoms with van der Waals surface area (Å²) in [6, 6.07) is 17.7. The zero-order valence-electron chi connectivity index (χ0n) is 36.8. The molecule has 0 amide bonds. The third-order valence-electron chi connectivity index (χ3n) is 13.9. The van der Waals surface area contributed by atoms with Crippen LogP contribution < -0.4 is 115 Å². The highest BCUT2D eigenvalue weighted by Gasteiger charge is 2.30. The van der Waals surface area contributed by atoms with Crippen LogP contribution in [0.15, 0.2) is 54.6 Å². The van der Waals surface area contributed by atoms with Gasteiger partial charge in [-0.3, -0.25) is 0 Å². The van der Waals surface area contributed by atoms with Crippen LogP contribution in [-0.4, -0.2) is 165 Å². The molecule has 0 spiro atoms. The van der Waals surface area contributed by atoms with Gasteiger partial charge in [-0.25, -0.2) is 0 Å². The summed E-state index contributed by atoms with van der Waals surface area (Å²) in [5.41, 5.74) is -0.164. The Labute approximate surface area is 429 Å². The molecule has 0 unspecified atom stereocenters. The maximum atomic E-state index is 7.41. The number of hydrogen-bond donors (Lipinski definition) is 0. The Morgan fingerprint density at radius 3 is 0.884 bits per heavy atom. The van der Waals surface area contributed by atoms with E-state index in [1.165, 1.54) is 0 Å². The first-order chi connectivity index (χ1) is 32.6. The minimum absolute atomic E-state index is 0.0138. The molecule has 21 heteroatoms. The zero-order valence-corrected chi connectivity index (χ0v) is 36.8. The minimum atomic E-state index is -0.171. The van der Waals surface area contributed by atoms with E-state index < -0.39 is 0 Å². The van der Waals surface area contributed by atoms with Crippen LogP contribution in [0.1, 0.15) is 0 Å². The van der Waals surface area contributed by atoms with Crippen molar-refractivity contribution in [2.75, 3.05) is 0 Å². The van der Waals surface area contributed by atoms with Gasteiger partial charge in [-0.05, 0) is 104 Å². The number of benzene rings is 10. The van der Waals surface area contributed by atoms with Crippen LogP contribution in [0, 0.1) is 0 Å². The molecule has 10 rings (SSSR count). The molecular weight excluding hydrogens is 804 g/mol. The van der Waals surface area contributed by atoms with E-state index in [1.807, 2.05) is 54.6 Å². The van der Waals surface area contributed by atoms with Crippen molar-refractivity contribution in [1.82, 2.24) is 0 Å². The summed E-state index contributed by atoms with van der Waals surface area (Å²) in [6.07, 6.45) is 0. The fourth-order valence-electron chi connectivity index (χ4n) is 10.3. The van der Waals surface area contributed by atoms with Crippen LogP contribution in [0.3, 0.4) is 0 Å². The average molecular weight is 813 g/mol. The average Bonchev–Trinajstić information content (AvgIpc) is 3.34. The Morgan fingerprint density at radius 1 is 0.188 bits per heavy atom. The summed E-state index contributed by atoms with van der Waals surface area (Å²) >= 11 is 0. The molecule has 264 valence electrons. The second-order valence-corrected chi connectivity index (χ2v) is 17.3. The molecule has 10 aromatic carbocycles. The molecule has 0 aliphatic rings. The van der Waals surface area contributed by atoms with E-state index in [0.717, 1.165) is 21.5 Å². The van der Waals surface area contributed by atoms with Gasteiger partial charge in [-0.15, -0.1) is 43.7 Å². The molecule has 0 aliphatic heterocycles. The maximum absolute atomic E-state index is 7.41. The molecule has 0 fully saturated rings. The summed E-state index contributed by atoms with van der Waals surface area (Å²) in [6.45, 7) is 0. The Kier molecular flexibility index (Phi) is 11.5. The molecule has 0 aromatic heterocycles. The van der Waals surface area contributed by atoms with Gasteiger partial charge in [0.1, 0.15) is 165 Å². The van der Waals surface area contributed by atoms with Crippen molar-refractivity contribution in [1.29, 1.82) is 0 Å². The lowest BCUT2D eigenvalue weighted by Gasteiger charge is -2.33. The van der Waals surface area contributed by atoms with Crippen molar-refractivity contribution >= 4 is 344 Å². The first-order valence-electron chi connectivity index (χ1n) is 21.0. The van der Waals surface area contributed by atoms with Crippen LogP contribution in [0.4, 0.5) is 0 Å². The zero-order chi connectivity index (χ0) is 49.9. The second-order valence-electron chi connectivity index (χ2n) is 17.3. The summed E-state index contributed by atoms with van der Waals surface area (Å²) in [4.78, 5) is 0. The monoisotopic (exact) mass is 816 g/mol. The maximum Gasteiger partial charge on any atom is 0.115 e. The fraction of sp³-hybridized carbons (Fsp3) is 0. The Balaban J connectivity index is 1.53. The van der Waals surface area contributed by atoms with E-state index in [2.05, 4.69) is 0 Å². The van der Waals surface area contributed by atoms with Crippen LogP contribution in [0.25, 0.3) is 98.0 Å². The Hall–Kier alpha value is -4.88. The molecule has 0 N–H and O–H groups in total. The number of hydrogen-bond acceptors (Lipinski definition) is 0. The van der Waals surface area contributed by atoms with Gasteiger partial charge in [0.15, 0.2) is 0 Å². The van der Waals surface area contributed by atoms with E-state index in [1.54, 1.807) is 0 Å². The number of rotatable bonds is 3.